The number of nitrogens with zero attached hydrogens (tertiary/aromatic N) is 2. The molecule has 0 aliphatic carbocycles. The maximum atomic E-state index is 12.6. The van der Waals surface area contributed by atoms with Gasteiger partial charge in [-0.15, -0.1) is 0 Å². The Balaban J connectivity index is 1.57. The van der Waals surface area contributed by atoms with Gasteiger partial charge in [-0.25, -0.2) is 9.97 Å². The second-order valence-electron chi connectivity index (χ2n) is 6.03. The molecule has 4 aromatic rings. The molecule has 0 fully saturated rings. The van der Waals surface area contributed by atoms with E-state index in [1.807, 2.05) is 6.07 Å². The smallest absolute Gasteiger partial charge is 0.268 e. The van der Waals surface area contributed by atoms with Crippen molar-refractivity contribution in [3.63, 3.8) is 0 Å². The zero-order valence-electron chi connectivity index (χ0n) is 14.1. The Hall–Kier alpha value is -3.16. The van der Waals surface area contributed by atoms with Crippen molar-refractivity contribution in [3.8, 4) is 11.3 Å². The molecule has 27 heavy (non-hydrogen) atoms. The highest BCUT2D eigenvalue weighted by atomic mass is 35.5. The highest BCUT2D eigenvalue weighted by Crippen LogP contribution is 2.25. The SMILES string of the molecule is O=C(N[C@H](CO)c1cccc(Cl)c1)c1cc(-c2ncnc3[nH]ccc23)c[nH]1. The summed E-state index contributed by atoms with van der Waals surface area (Å²) in [7, 11) is 0. The van der Waals surface area contributed by atoms with Crippen molar-refractivity contribution in [2.75, 3.05) is 6.61 Å². The number of fused-ring (bicyclic) bond motifs is 1. The van der Waals surface area contributed by atoms with Crippen molar-refractivity contribution in [2.24, 2.45) is 0 Å². The first-order valence-corrected chi connectivity index (χ1v) is 8.67. The van der Waals surface area contributed by atoms with E-state index in [9.17, 15) is 9.90 Å². The average Bonchev–Trinajstić information content (AvgIpc) is 3.35. The summed E-state index contributed by atoms with van der Waals surface area (Å²) in [6.45, 7) is -0.241. The molecule has 0 bridgehead atoms. The molecule has 4 N–H and O–H groups in total. The van der Waals surface area contributed by atoms with Gasteiger partial charge < -0.3 is 20.4 Å². The van der Waals surface area contributed by atoms with Crippen LogP contribution in [0.2, 0.25) is 5.02 Å². The van der Waals surface area contributed by atoms with Crippen LogP contribution in [0.5, 0.6) is 0 Å². The van der Waals surface area contributed by atoms with E-state index in [2.05, 4.69) is 25.3 Å². The first-order valence-electron chi connectivity index (χ1n) is 8.30. The van der Waals surface area contributed by atoms with E-state index in [-0.39, 0.29) is 12.5 Å². The number of aromatic nitrogens is 4. The van der Waals surface area contributed by atoms with Gasteiger partial charge >= 0.3 is 0 Å². The fourth-order valence-corrected chi connectivity index (χ4v) is 3.16. The van der Waals surface area contributed by atoms with Gasteiger partial charge in [-0.2, -0.15) is 0 Å². The summed E-state index contributed by atoms with van der Waals surface area (Å²) in [5.74, 6) is -0.334. The first-order chi connectivity index (χ1) is 13.2. The molecule has 1 aromatic carbocycles. The standard InChI is InChI=1S/C19H16ClN5O2/c20-13-3-1-2-11(6-13)16(9-26)25-19(27)15-7-12(8-22-15)17-14-4-5-21-18(14)24-10-23-17/h1-8,10,16,22,26H,9H2,(H,25,27)(H,21,23,24)/t16-/m1/s1. The van der Waals surface area contributed by atoms with Gasteiger partial charge in [-0.1, -0.05) is 23.7 Å². The molecule has 0 radical (unpaired) electrons. The number of amides is 1. The predicted octanol–water partition coefficient (Wildman–Crippen LogP) is 3.07. The Labute approximate surface area is 159 Å². The number of carbonyl (C=O) groups excluding carboxylic acids is 1. The maximum absolute atomic E-state index is 12.6. The van der Waals surface area contributed by atoms with Crippen LogP contribution in [0.15, 0.2) is 55.1 Å². The van der Waals surface area contributed by atoms with E-state index in [1.54, 1.807) is 42.7 Å². The Morgan fingerprint density at radius 3 is 2.93 bits per heavy atom. The van der Waals surface area contributed by atoms with Crippen LogP contribution in [0.3, 0.4) is 0 Å². The van der Waals surface area contributed by atoms with E-state index in [0.29, 0.717) is 10.7 Å². The number of hydrogen-bond donors (Lipinski definition) is 4. The molecule has 0 unspecified atom stereocenters. The summed E-state index contributed by atoms with van der Waals surface area (Å²) < 4.78 is 0. The number of aromatic amines is 2. The molecule has 3 heterocycles. The highest BCUT2D eigenvalue weighted by molar-refractivity contribution is 6.30. The molecule has 1 amide bonds. The number of H-pyrrole nitrogens is 2. The third-order valence-corrected chi connectivity index (χ3v) is 4.53. The number of halogens is 1. The zero-order valence-corrected chi connectivity index (χ0v) is 14.9. The highest BCUT2D eigenvalue weighted by Gasteiger charge is 2.18. The Morgan fingerprint density at radius 1 is 1.22 bits per heavy atom. The van der Waals surface area contributed by atoms with Gasteiger partial charge in [0.05, 0.1) is 18.3 Å². The molecule has 3 aromatic heterocycles. The minimum Gasteiger partial charge on any atom is -0.394 e. The lowest BCUT2D eigenvalue weighted by Crippen LogP contribution is -2.31. The minimum absolute atomic E-state index is 0.241. The van der Waals surface area contributed by atoms with Crippen LogP contribution in [0.25, 0.3) is 22.3 Å². The molecule has 0 saturated carbocycles. The van der Waals surface area contributed by atoms with Crippen LogP contribution >= 0.6 is 11.6 Å². The third kappa shape index (κ3) is 3.42. The molecule has 0 saturated heterocycles. The van der Waals surface area contributed by atoms with E-state index in [0.717, 1.165) is 27.9 Å². The zero-order chi connectivity index (χ0) is 18.8. The van der Waals surface area contributed by atoms with Gasteiger partial charge in [0.1, 0.15) is 17.7 Å². The Bertz CT molecular complexity index is 1100. The second kappa shape index (κ2) is 7.22. The van der Waals surface area contributed by atoms with Gasteiger partial charge in [0.25, 0.3) is 5.91 Å². The number of aliphatic hydroxyl groups excluding tert-OH is 1. The minimum atomic E-state index is -0.557. The van der Waals surface area contributed by atoms with Crippen LogP contribution < -0.4 is 5.32 Å². The molecule has 0 spiro atoms. The van der Waals surface area contributed by atoms with Gasteiger partial charge in [0.2, 0.25) is 0 Å². The molecule has 4 rings (SSSR count). The molecule has 136 valence electrons. The fraction of sp³-hybridized carbons (Fsp3) is 0.105. The lowest BCUT2D eigenvalue weighted by molar-refractivity contribution is 0.0912. The second-order valence-corrected chi connectivity index (χ2v) is 6.46. The van der Waals surface area contributed by atoms with Crippen molar-refractivity contribution in [1.29, 1.82) is 0 Å². The molecule has 8 heteroatoms. The lowest BCUT2D eigenvalue weighted by Gasteiger charge is -2.16. The van der Waals surface area contributed by atoms with Gasteiger partial charge in [-0.05, 0) is 29.8 Å². The largest absolute Gasteiger partial charge is 0.394 e. The average molecular weight is 382 g/mol. The quantitative estimate of drug-likeness (QED) is 0.426. The van der Waals surface area contributed by atoms with Crippen LogP contribution in [-0.2, 0) is 0 Å². The Morgan fingerprint density at radius 2 is 2.11 bits per heavy atom. The number of aliphatic hydroxyl groups is 1. The summed E-state index contributed by atoms with van der Waals surface area (Å²) in [5.41, 5.74) is 3.33. The monoisotopic (exact) mass is 381 g/mol. The van der Waals surface area contributed by atoms with Crippen molar-refractivity contribution in [1.82, 2.24) is 25.3 Å². The maximum Gasteiger partial charge on any atom is 0.268 e. The van der Waals surface area contributed by atoms with Crippen molar-refractivity contribution >= 4 is 28.5 Å². The normalized spacial score (nSPS) is 12.2. The number of carbonyl (C=O) groups is 1. The molecular formula is C19H16ClN5O2. The van der Waals surface area contributed by atoms with Crippen LogP contribution in [-0.4, -0.2) is 37.6 Å². The third-order valence-electron chi connectivity index (χ3n) is 4.29. The Kier molecular flexibility index (Phi) is 4.62. The van der Waals surface area contributed by atoms with E-state index in [4.69, 9.17) is 11.6 Å². The summed E-state index contributed by atoms with van der Waals surface area (Å²) in [6.07, 6.45) is 4.98. The molecular weight excluding hydrogens is 366 g/mol. The van der Waals surface area contributed by atoms with E-state index < -0.39 is 6.04 Å². The van der Waals surface area contributed by atoms with Crippen LogP contribution in [0.1, 0.15) is 22.1 Å². The molecule has 0 aliphatic rings. The fourth-order valence-electron chi connectivity index (χ4n) is 2.96. The predicted molar refractivity (Wildman–Crippen MR) is 102 cm³/mol. The summed E-state index contributed by atoms with van der Waals surface area (Å²) in [4.78, 5) is 27.1. The number of benzene rings is 1. The number of rotatable bonds is 5. The summed E-state index contributed by atoms with van der Waals surface area (Å²) in [6, 6.07) is 10.1. The van der Waals surface area contributed by atoms with E-state index in [1.165, 1.54) is 6.33 Å². The van der Waals surface area contributed by atoms with Crippen molar-refractivity contribution in [3.05, 3.63) is 71.4 Å². The summed E-state index contributed by atoms with van der Waals surface area (Å²) in [5, 5.41) is 13.9. The molecule has 0 aliphatic heterocycles. The number of hydrogen-bond acceptors (Lipinski definition) is 4. The first kappa shape index (κ1) is 17.3. The van der Waals surface area contributed by atoms with Gasteiger partial charge in [0.15, 0.2) is 0 Å². The van der Waals surface area contributed by atoms with Crippen molar-refractivity contribution in [2.45, 2.75) is 6.04 Å². The molecule has 7 nitrogen and oxygen atoms in total. The van der Waals surface area contributed by atoms with E-state index >= 15 is 0 Å². The van der Waals surface area contributed by atoms with Gasteiger partial charge in [-0.3, -0.25) is 4.79 Å². The lowest BCUT2D eigenvalue weighted by atomic mass is 10.1. The topological polar surface area (TPSA) is 107 Å². The summed E-state index contributed by atoms with van der Waals surface area (Å²) >= 11 is 5.99. The van der Waals surface area contributed by atoms with Crippen molar-refractivity contribution < 1.29 is 9.90 Å². The van der Waals surface area contributed by atoms with Crippen LogP contribution in [0, 0.1) is 0 Å². The molecule has 1 atom stereocenters. The number of nitrogens with one attached hydrogen (secondary N) is 3. The van der Waals surface area contributed by atoms with Gasteiger partial charge in [0, 0.05) is 28.4 Å². The van der Waals surface area contributed by atoms with Crippen LogP contribution in [0.4, 0.5) is 0 Å².